The van der Waals surface area contributed by atoms with Gasteiger partial charge in [0.2, 0.25) is 0 Å². The highest BCUT2D eigenvalue weighted by molar-refractivity contribution is 5.71. The van der Waals surface area contributed by atoms with Crippen molar-refractivity contribution >= 4 is 17.9 Å². The van der Waals surface area contributed by atoms with E-state index in [0.29, 0.717) is 19.3 Å². The van der Waals surface area contributed by atoms with Gasteiger partial charge in [-0.25, -0.2) is 0 Å². The average molecular weight is 1040 g/mol. The smallest absolute Gasteiger partial charge is 0.306 e. The Morgan fingerprint density at radius 1 is 0.284 bits per heavy atom. The number of hydrogen-bond acceptors (Lipinski definition) is 6. The van der Waals surface area contributed by atoms with E-state index < -0.39 is 6.10 Å². The number of hydrogen-bond donors (Lipinski definition) is 0. The standard InChI is InChI=1S/C68H124O6/c1-4-7-10-13-16-19-22-24-26-28-30-31-32-33-34-35-36-37-39-40-42-44-46-49-52-55-58-61-67(70)73-64-65(63-72-66(69)60-57-54-51-48-21-18-15-12-9-6-3)74-68(71)62-59-56-53-50-47-45-43-41-38-29-27-25-23-20-17-14-11-8-5-2/h7,10,16,19,24,26,30-31,65H,4-6,8-9,11-15,17-18,20-23,25,27-29,32-64H2,1-3H3/b10-7-,19-16-,26-24-,31-30-. The van der Waals surface area contributed by atoms with Crippen molar-refractivity contribution in [1.82, 2.24) is 0 Å². The zero-order chi connectivity index (χ0) is 53.6. The number of carbonyl (C=O) groups excluding carboxylic acids is 3. The minimum absolute atomic E-state index is 0.0669. The molecule has 0 saturated carbocycles. The molecule has 0 heterocycles. The Morgan fingerprint density at radius 2 is 0.527 bits per heavy atom. The molecule has 432 valence electrons. The summed E-state index contributed by atoms with van der Waals surface area (Å²) in [7, 11) is 0. The van der Waals surface area contributed by atoms with Crippen LogP contribution in [0.1, 0.15) is 348 Å². The Morgan fingerprint density at radius 3 is 0.824 bits per heavy atom. The first kappa shape index (κ1) is 71.4. The summed E-state index contributed by atoms with van der Waals surface area (Å²) in [5.74, 6) is -0.845. The SMILES string of the molecule is CC/C=C\C/C=C\C/C=C\C/C=C\CCCCCCCCCCCCCCCCC(=O)OCC(COC(=O)CCCCCCCCCCCC)OC(=O)CCCCCCCCCCCCCCCCCCCCC. The summed E-state index contributed by atoms with van der Waals surface area (Å²) >= 11 is 0. The van der Waals surface area contributed by atoms with E-state index in [-0.39, 0.29) is 31.1 Å². The van der Waals surface area contributed by atoms with E-state index in [1.807, 2.05) is 0 Å². The molecule has 0 aromatic heterocycles. The number of allylic oxidation sites excluding steroid dienone is 8. The van der Waals surface area contributed by atoms with Crippen molar-refractivity contribution in [1.29, 1.82) is 0 Å². The third-order valence-electron chi connectivity index (χ3n) is 14.6. The number of ether oxygens (including phenoxy) is 3. The number of carbonyl (C=O) groups is 3. The highest BCUT2D eigenvalue weighted by atomic mass is 16.6. The molecule has 0 aliphatic carbocycles. The van der Waals surface area contributed by atoms with Crippen molar-refractivity contribution in [3.63, 3.8) is 0 Å². The van der Waals surface area contributed by atoms with Crippen LogP contribution in [0.25, 0.3) is 0 Å². The maximum atomic E-state index is 12.9. The number of rotatable bonds is 60. The van der Waals surface area contributed by atoms with Gasteiger partial charge in [0.05, 0.1) is 0 Å². The highest BCUT2D eigenvalue weighted by Gasteiger charge is 2.19. The molecule has 74 heavy (non-hydrogen) atoms. The maximum Gasteiger partial charge on any atom is 0.306 e. The largest absolute Gasteiger partial charge is 0.462 e. The van der Waals surface area contributed by atoms with Crippen molar-refractivity contribution in [2.75, 3.05) is 13.2 Å². The monoisotopic (exact) mass is 1040 g/mol. The predicted octanol–water partition coefficient (Wildman–Crippen LogP) is 22.2. The maximum absolute atomic E-state index is 12.9. The minimum atomic E-state index is -0.768. The molecule has 0 aliphatic rings. The van der Waals surface area contributed by atoms with Gasteiger partial charge in [-0.3, -0.25) is 14.4 Å². The van der Waals surface area contributed by atoms with Crippen LogP contribution < -0.4 is 0 Å². The number of unbranched alkanes of at least 4 members (excludes halogenated alkanes) is 41. The lowest BCUT2D eigenvalue weighted by Crippen LogP contribution is -2.30. The van der Waals surface area contributed by atoms with Gasteiger partial charge in [0, 0.05) is 19.3 Å². The van der Waals surface area contributed by atoms with Crippen molar-refractivity contribution in [2.24, 2.45) is 0 Å². The fraction of sp³-hybridized carbons (Fsp3) is 0.838. The molecule has 0 aromatic rings. The van der Waals surface area contributed by atoms with Crippen LogP contribution in [-0.4, -0.2) is 37.2 Å². The average Bonchev–Trinajstić information content (AvgIpc) is 3.40. The lowest BCUT2D eigenvalue weighted by Gasteiger charge is -2.18. The van der Waals surface area contributed by atoms with E-state index in [2.05, 4.69) is 69.4 Å². The van der Waals surface area contributed by atoms with Crippen molar-refractivity contribution in [2.45, 2.75) is 354 Å². The Balaban J connectivity index is 4.16. The predicted molar refractivity (Wildman–Crippen MR) is 321 cm³/mol. The van der Waals surface area contributed by atoms with E-state index in [1.165, 1.54) is 225 Å². The molecule has 6 heteroatoms. The van der Waals surface area contributed by atoms with Gasteiger partial charge in [0.1, 0.15) is 13.2 Å². The normalized spacial score (nSPS) is 12.3. The second-order valence-corrected chi connectivity index (χ2v) is 22.0. The van der Waals surface area contributed by atoms with Gasteiger partial charge in [0.15, 0.2) is 6.10 Å². The summed E-state index contributed by atoms with van der Waals surface area (Å²) in [5, 5.41) is 0. The molecular weight excluding hydrogens is 913 g/mol. The molecule has 0 radical (unpaired) electrons. The van der Waals surface area contributed by atoms with E-state index in [9.17, 15) is 14.4 Å². The van der Waals surface area contributed by atoms with Gasteiger partial charge in [-0.2, -0.15) is 0 Å². The molecular formula is C68H124O6. The summed E-state index contributed by atoms with van der Waals surface area (Å²) in [4.78, 5) is 38.2. The summed E-state index contributed by atoms with van der Waals surface area (Å²) in [5.41, 5.74) is 0. The van der Waals surface area contributed by atoms with Crippen LogP contribution in [0.5, 0.6) is 0 Å². The fourth-order valence-electron chi connectivity index (χ4n) is 9.73. The van der Waals surface area contributed by atoms with Crippen molar-refractivity contribution < 1.29 is 28.6 Å². The molecule has 0 rings (SSSR count). The van der Waals surface area contributed by atoms with Crippen LogP contribution in [0, 0.1) is 0 Å². The molecule has 1 unspecified atom stereocenters. The first-order valence-corrected chi connectivity index (χ1v) is 32.6. The fourth-order valence-corrected chi connectivity index (χ4v) is 9.73. The zero-order valence-corrected chi connectivity index (χ0v) is 49.6. The van der Waals surface area contributed by atoms with Gasteiger partial charge >= 0.3 is 17.9 Å². The molecule has 0 aromatic carbocycles. The quantitative estimate of drug-likeness (QED) is 0.0261. The summed E-state index contributed by atoms with van der Waals surface area (Å²) in [6.07, 6.45) is 78.5. The molecule has 0 aliphatic heterocycles. The zero-order valence-electron chi connectivity index (χ0n) is 49.6. The Bertz CT molecular complexity index is 1280. The summed E-state index contributed by atoms with van der Waals surface area (Å²) in [6.45, 7) is 6.57. The first-order valence-electron chi connectivity index (χ1n) is 32.6. The Kier molecular flexibility index (Phi) is 60.7. The van der Waals surface area contributed by atoms with E-state index >= 15 is 0 Å². The molecule has 0 saturated heterocycles. The topological polar surface area (TPSA) is 78.9 Å². The van der Waals surface area contributed by atoms with Gasteiger partial charge in [-0.05, 0) is 57.8 Å². The van der Waals surface area contributed by atoms with Crippen LogP contribution in [-0.2, 0) is 28.6 Å². The molecule has 0 amide bonds. The second-order valence-electron chi connectivity index (χ2n) is 22.0. The lowest BCUT2D eigenvalue weighted by atomic mass is 10.0. The molecule has 0 N–H and O–H groups in total. The molecule has 0 fully saturated rings. The Hall–Kier alpha value is -2.63. The Labute approximate surface area is 460 Å². The van der Waals surface area contributed by atoms with Crippen molar-refractivity contribution in [3.05, 3.63) is 48.6 Å². The minimum Gasteiger partial charge on any atom is -0.462 e. The van der Waals surface area contributed by atoms with Crippen molar-refractivity contribution in [3.8, 4) is 0 Å². The van der Waals surface area contributed by atoms with Crippen LogP contribution >= 0.6 is 0 Å². The summed E-state index contributed by atoms with van der Waals surface area (Å²) in [6, 6.07) is 0. The molecule has 6 nitrogen and oxygen atoms in total. The van der Waals surface area contributed by atoms with Crippen LogP contribution in [0.2, 0.25) is 0 Å². The van der Waals surface area contributed by atoms with Crippen LogP contribution in [0.15, 0.2) is 48.6 Å². The molecule has 0 spiro atoms. The second kappa shape index (κ2) is 62.9. The lowest BCUT2D eigenvalue weighted by molar-refractivity contribution is -0.167. The molecule has 0 bridgehead atoms. The third-order valence-corrected chi connectivity index (χ3v) is 14.6. The highest BCUT2D eigenvalue weighted by Crippen LogP contribution is 2.18. The van der Waals surface area contributed by atoms with Gasteiger partial charge in [-0.15, -0.1) is 0 Å². The van der Waals surface area contributed by atoms with E-state index in [0.717, 1.165) is 83.5 Å². The first-order chi connectivity index (χ1) is 36.5. The molecule has 1 atom stereocenters. The van der Waals surface area contributed by atoms with Crippen LogP contribution in [0.4, 0.5) is 0 Å². The van der Waals surface area contributed by atoms with Gasteiger partial charge < -0.3 is 14.2 Å². The number of esters is 3. The van der Waals surface area contributed by atoms with Crippen LogP contribution in [0.3, 0.4) is 0 Å². The van der Waals surface area contributed by atoms with E-state index in [1.54, 1.807) is 0 Å². The third kappa shape index (κ3) is 60.2. The van der Waals surface area contributed by atoms with E-state index in [4.69, 9.17) is 14.2 Å². The van der Waals surface area contributed by atoms with Gasteiger partial charge in [-0.1, -0.05) is 320 Å². The summed E-state index contributed by atoms with van der Waals surface area (Å²) < 4.78 is 16.9. The van der Waals surface area contributed by atoms with Gasteiger partial charge in [0.25, 0.3) is 0 Å².